The van der Waals surface area contributed by atoms with Crippen LogP contribution in [0.4, 0.5) is 11.4 Å². The molecule has 0 unspecified atom stereocenters. The summed E-state index contributed by atoms with van der Waals surface area (Å²) in [5, 5.41) is 3.33. The van der Waals surface area contributed by atoms with Crippen LogP contribution in [0.3, 0.4) is 0 Å². The molecule has 2 aromatic rings. The first-order valence-corrected chi connectivity index (χ1v) is 5.78. The van der Waals surface area contributed by atoms with Crippen LogP contribution in [-0.2, 0) is 6.54 Å². The highest BCUT2D eigenvalue weighted by molar-refractivity contribution is 5.56. The van der Waals surface area contributed by atoms with Gasteiger partial charge in [0.05, 0.1) is 7.11 Å². The van der Waals surface area contributed by atoms with Gasteiger partial charge in [0.15, 0.2) is 0 Å². The van der Waals surface area contributed by atoms with Crippen molar-refractivity contribution in [2.75, 3.05) is 18.2 Å². The first-order chi connectivity index (χ1) is 8.69. The quantitative estimate of drug-likeness (QED) is 0.810. The van der Waals surface area contributed by atoms with Crippen LogP contribution >= 0.6 is 0 Å². The maximum Gasteiger partial charge on any atom is 0.212 e. The molecule has 0 spiro atoms. The predicted octanol–water partition coefficient (Wildman–Crippen LogP) is 2.59. The van der Waals surface area contributed by atoms with E-state index in [9.17, 15) is 0 Å². The Morgan fingerprint density at radius 2 is 2.11 bits per heavy atom. The highest BCUT2D eigenvalue weighted by Gasteiger charge is 1.98. The molecule has 94 valence electrons. The Morgan fingerprint density at radius 1 is 1.28 bits per heavy atom. The van der Waals surface area contributed by atoms with Crippen molar-refractivity contribution >= 4 is 11.4 Å². The average molecular weight is 243 g/mol. The van der Waals surface area contributed by atoms with Crippen molar-refractivity contribution in [3.05, 3.63) is 47.7 Å². The van der Waals surface area contributed by atoms with Crippen LogP contribution < -0.4 is 15.8 Å². The number of nitrogen functional groups attached to an aromatic ring is 1. The lowest BCUT2D eigenvalue weighted by atomic mass is 10.2. The van der Waals surface area contributed by atoms with Gasteiger partial charge >= 0.3 is 0 Å². The van der Waals surface area contributed by atoms with Gasteiger partial charge in [-0.05, 0) is 36.2 Å². The van der Waals surface area contributed by atoms with Gasteiger partial charge < -0.3 is 15.8 Å². The van der Waals surface area contributed by atoms with Crippen molar-refractivity contribution in [3.8, 4) is 5.88 Å². The molecule has 4 heteroatoms. The minimum absolute atomic E-state index is 0.627. The fourth-order valence-electron chi connectivity index (χ4n) is 1.63. The first-order valence-electron chi connectivity index (χ1n) is 5.78. The molecule has 1 aromatic carbocycles. The normalized spacial score (nSPS) is 10.1. The van der Waals surface area contributed by atoms with Gasteiger partial charge in [0.2, 0.25) is 5.88 Å². The average Bonchev–Trinajstić information content (AvgIpc) is 2.41. The summed E-state index contributed by atoms with van der Waals surface area (Å²) >= 11 is 0. The van der Waals surface area contributed by atoms with Gasteiger partial charge in [-0.2, -0.15) is 0 Å². The van der Waals surface area contributed by atoms with E-state index in [-0.39, 0.29) is 0 Å². The molecule has 0 radical (unpaired) electrons. The van der Waals surface area contributed by atoms with Crippen LogP contribution in [0.25, 0.3) is 0 Å². The van der Waals surface area contributed by atoms with Gasteiger partial charge in [-0.15, -0.1) is 0 Å². The van der Waals surface area contributed by atoms with Crippen LogP contribution in [-0.4, -0.2) is 12.1 Å². The number of ether oxygens (including phenoxy) is 1. The molecule has 0 bridgehead atoms. The summed E-state index contributed by atoms with van der Waals surface area (Å²) < 4.78 is 5.02. The number of nitrogens with one attached hydrogen (secondary N) is 1. The SMILES string of the molecule is COc1ccc(CNc2ccc(N)c(C)c2)cn1. The van der Waals surface area contributed by atoms with Crippen molar-refractivity contribution in [3.63, 3.8) is 0 Å². The molecular weight excluding hydrogens is 226 g/mol. The Hall–Kier alpha value is -2.23. The summed E-state index contributed by atoms with van der Waals surface area (Å²) in [4.78, 5) is 4.16. The molecule has 0 atom stereocenters. The maximum absolute atomic E-state index is 5.78. The molecule has 0 aliphatic rings. The number of nitrogens with zero attached hydrogens (tertiary/aromatic N) is 1. The van der Waals surface area contributed by atoms with Crippen molar-refractivity contribution in [1.82, 2.24) is 4.98 Å². The maximum atomic E-state index is 5.78. The number of aryl methyl sites for hydroxylation is 1. The zero-order valence-electron chi connectivity index (χ0n) is 10.6. The van der Waals surface area contributed by atoms with Gasteiger partial charge in [0.25, 0.3) is 0 Å². The van der Waals surface area contributed by atoms with Gasteiger partial charge in [-0.25, -0.2) is 4.98 Å². The minimum Gasteiger partial charge on any atom is -0.481 e. The summed E-state index contributed by atoms with van der Waals surface area (Å²) in [6, 6.07) is 9.75. The Labute approximate surface area is 107 Å². The number of hydrogen-bond donors (Lipinski definition) is 2. The van der Waals surface area contributed by atoms with E-state index in [1.807, 2.05) is 37.3 Å². The number of methoxy groups -OCH3 is 1. The third-order valence-corrected chi connectivity index (χ3v) is 2.77. The van der Waals surface area contributed by atoms with E-state index < -0.39 is 0 Å². The van der Waals surface area contributed by atoms with Crippen molar-refractivity contribution in [2.45, 2.75) is 13.5 Å². The molecule has 1 aromatic heterocycles. The fraction of sp³-hybridized carbons (Fsp3) is 0.214. The Balaban J connectivity index is 1.99. The summed E-state index contributed by atoms with van der Waals surface area (Å²) in [6.07, 6.45) is 1.80. The Morgan fingerprint density at radius 3 is 2.72 bits per heavy atom. The smallest absolute Gasteiger partial charge is 0.212 e. The molecule has 18 heavy (non-hydrogen) atoms. The van der Waals surface area contributed by atoms with Crippen LogP contribution in [0, 0.1) is 6.92 Å². The highest BCUT2D eigenvalue weighted by Crippen LogP contribution is 2.17. The summed E-state index contributed by atoms with van der Waals surface area (Å²) in [5.74, 6) is 0.627. The number of nitrogens with two attached hydrogens (primary N) is 1. The lowest BCUT2D eigenvalue weighted by Gasteiger charge is -2.08. The van der Waals surface area contributed by atoms with Gasteiger partial charge in [-0.1, -0.05) is 6.07 Å². The molecule has 4 nitrogen and oxygen atoms in total. The number of hydrogen-bond acceptors (Lipinski definition) is 4. The molecule has 0 amide bonds. The minimum atomic E-state index is 0.627. The number of aromatic nitrogens is 1. The zero-order valence-corrected chi connectivity index (χ0v) is 10.6. The number of anilines is 2. The van der Waals surface area contributed by atoms with Crippen molar-refractivity contribution < 1.29 is 4.74 Å². The van der Waals surface area contributed by atoms with E-state index in [0.29, 0.717) is 5.88 Å². The number of benzene rings is 1. The van der Waals surface area contributed by atoms with Crippen LogP contribution in [0.2, 0.25) is 0 Å². The molecule has 2 rings (SSSR count). The summed E-state index contributed by atoms with van der Waals surface area (Å²) in [5.41, 5.74) is 9.82. The third kappa shape index (κ3) is 2.91. The molecule has 0 saturated heterocycles. The van der Waals surface area contributed by atoms with Gasteiger partial charge in [0, 0.05) is 30.2 Å². The first kappa shape index (κ1) is 12.2. The Kier molecular flexibility index (Phi) is 3.67. The zero-order chi connectivity index (χ0) is 13.0. The second kappa shape index (κ2) is 5.40. The molecule has 3 N–H and O–H groups in total. The van der Waals surface area contributed by atoms with E-state index in [0.717, 1.165) is 29.0 Å². The van der Waals surface area contributed by atoms with Crippen LogP contribution in [0.15, 0.2) is 36.5 Å². The van der Waals surface area contributed by atoms with Gasteiger partial charge in [-0.3, -0.25) is 0 Å². The highest BCUT2D eigenvalue weighted by atomic mass is 16.5. The molecule has 0 saturated carbocycles. The topological polar surface area (TPSA) is 60.2 Å². The largest absolute Gasteiger partial charge is 0.481 e. The van der Waals surface area contributed by atoms with E-state index in [1.54, 1.807) is 13.3 Å². The second-order valence-corrected chi connectivity index (χ2v) is 4.13. The molecular formula is C14H17N3O. The summed E-state index contributed by atoms with van der Waals surface area (Å²) in [6.45, 7) is 2.72. The molecule has 0 aliphatic carbocycles. The molecule has 1 heterocycles. The fourth-order valence-corrected chi connectivity index (χ4v) is 1.63. The monoisotopic (exact) mass is 243 g/mol. The predicted molar refractivity (Wildman–Crippen MR) is 73.7 cm³/mol. The van der Waals surface area contributed by atoms with Crippen molar-refractivity contribution in [2.24, 2.45) is 0 Å². The number of rotatable bonds is 4. The molecule has 0 aliphatic heterocycles. The van der Waals surface area contributed by atoms with Gasteiger partial charge in [0.1, 0.15) is 0 Å². The summed E-state index contributed by atoms with van der Waals surface area (Å²) in [7, 11) is 1.61. The second-order valence-electron chi connectivity index (χ2n) is 4.13. The van der Waals surface area contributed by atoms with Crippen LogP contribution in [0.5, 0.6) is 5.88 Å². The Bertz CT molecular complexity index is 523. The number of pyridine rings is 1. The lowest BCUT2D eigenvalue weighted by molar-refractivity contribution is 0.397. The third-order valence-electron chi connectivity index (χ3n) is 2.77. The molecule has 0 fully saturated rings. The van der Waals surface area contributed by atoms with Crippen LogP contribution in [0.1, 0.15) is 11.1 Å². The van der Waals surface area contributed by atoms with Crippen molar-refractivity contribution in [1.29, 1.82) is 0 Å². The van der Waals surface area contributed by atoms with E-state index >= 15 is 0 Å². The van der Waals surface area contributed by atoms with E-state index in [4.69, 9.17) is 10.5 Å². The standard InChI is InChI=1S/C14H17N3O/c1-10-7-12(4-5-13(10)15)16-8-11-3-6-14(18-2)17-9-11/h3-7,9,16H,8,15H2,1-2H3. The van der Waals surface area contributed by atoms with E-state index in [2.05, 4.69) is 10.3 Å². The lowest BCUT2D eigenvalue weighted by Crippen LogP contribution is -2.01. The van der Waals surface area contributed by atoms with E-state index in [1.165, 1.54) is 0 Å².